The number of fused-ring (bicyclic) bond motifs is 2. The molecule has 0 radical (unpaired) electrons. The van der Waals surface area contributed by atoms with E-state index in [0.717, 1.165) is 45.1 Å². The molecule has 4 rings (SSSR count). The lowest BCUT2D eigenvalue weighted by atomic mass is 10.1. The summed E-state index contributed by atoms with van der Waals surface area (Å²) in [5.74, 6) is 0.776. The molecule has 23 heavy (non-hydrogen) atoms. The Labute approximate surface area is 130 Å². The highest BCUT2D eigenvalue weighted by Gasteiger charge is 2.08. The molecule has 2 heterocycles. The predicted octanol–water partition coefficient (Wildman–Crippen LogP) is 3.96. The average molecular weight is 304 g/mol. The standard InChI is InChI=1S/C17H12N4O2/c22-21(23)8-7-12-10-18-14-6-5-11(9-13(12)14)17-19-15-3-1-2-4-16(15)20-17/h1-10,18H,(H,19,20). The first-order valence-electron chi connectivity index (χ1n) is 7.09. The van der Waals surface area contributed by atoms with Crippen LogP contribution in [0.4, 0.5) is 0 Å². The number of imidazole rings is 1. The lowest BCUT2D eigenvalue weighted by molar-refractivity contribution is -0.400. The Bertz CT molecular complexity index is 1030. The molecule has 0 fully saturated rings. The number of aromatic nitrogens is 3. The number of nitrogens with one attached hydrogen (secondary N) is 2. The van der Waals surface area contributed by atoms with Gasteiger partial charge in [-0.15, -0.1) is 0 Å². The van der Waals surface area contributed by atoms with Gasteiger partial charge in [-0.05, 0) is 30.3 Å². The van der Waals surface area contributed by atoms with E-state index in [9.17, 15) is 10.1 Å². The molecular formula is C17H12N4O2. The molecule has 4 aromatic rings. The lowest BCUT2D eigenvalue weighted by Crippen LogP contribution is -1.83. The predicted molar refractivity (Wildman–Crippen MR) is 89.4 cm³/mol. The summed E-state index contributed by atoms with van der Waals surface area (Å²) in [7, 11) is 0. The first kappa shape index (κ1) is 13.3. The van der Waals surface area contributed by atoms with Crippen molar-refractivity contribution in [1.82, 2.24) is 15.0 Å². The van der Waals surface area contributed by atoms with Crippen LogP contribution in [0, 0.1) is 10.1 Å². The van der Waals surface area contributed by atoms with Crippen molar-refractivity contribution in [3.8, 4) is 11.4 Å². The van der Waals surface area contributed by atoms with Gasteiger partial charge in [-0.25, -0.2) is 4.98 Å². The van der Waals surface area contributed by atoms with Crippen LogP contribution in [0.25, 0.3) is 39.4 Å². The lowest BCUT2D eigenvalue weighted by Gasteiger charge is -1.98. The monoisotopic (exact) mass is 304 g/mol. The molecule has 0 saturated carbocycles. The van der Waals surface area contributed by atoms with E-state index in [1.807, 2.05) is 42.5 Å². The maximum atomic E-state index is 10.5. The van der Waals surface area contributed by atoms with Crippen LogP contribution < -0.4 is 0 Å². The molecule has 112 valence electrons. The summed E-state index contributed by atoms with van der Waals surface area (Å²) in [6.45, 7) is 0. The van der Waals surface area contributed by atoms with E-state index in [4.69, 9.17) is 0 Å². The second-order valence-corrected chi connectivity index (χ2v) is 5.21. The fourth-order valence-electron chi connectivity index (χ4n) is 2.66. The van der Waals surface area contributed by atoms with Crippen molar-refractivity contribution in [2.24, 2.45) is 0 Å². The zero-order chi connectivity index (χ0) is 15.8. The van der Waals surface area contributed by atoms with Crippen molar-refractivity contribution in [3.63, 3.8) is 0 Å². The summed E-state index contributed by atoms with van der Waals surface area (Å²) in [6, 6.07) is 13.7. The quantitative estimate of drug-likeness (QED) is 0.443. The largest absolute Gasteiger partial charge is 0.361 e. The molecule has 0 atom stereocenters. The third-order valence-electron chi connectivity index (χ3n) is 3.75. The van der Waals surface area contributed by atoms with Crippen LogP contribution in [-0.2, 0) is 0 Å². The van der Waals surface area contributed by atoms with Crippen molar-refractivity contribution in [3.05, 3.63) is 70.5 Å². The second-order valence-electron chi connectivity index (χ2n) is 5.21. The molecule has 0 amide bonds. The van der Waals surface area contributed by atoms with Crippen LogP contribution >= 0.6 is 0 Å². The van der Waals surface area contributed by atoms with Crippen molar-refractivity contribution >= 4 is 28.0 Å². The van der Waals surface area contributed by atoms with Gasteiger partial charge < -0.3 is 9.97 Å². The number of hydrogen-bond donors (Lipinski definition) is 2. The van der Waals surface area contributed by atoms with Crippen LogP contribution in [-0.4, -0.2) is 19.9 Å². The van der Waals surface area contributed by atoms with Crippen molar-refractivity contribution in [1.29, 1.82) is 0 Å². The molecule has 0 aliphatic carbocycles. The third kappa shape index (κ3) is 2.36. The van der Waals surface area contributed by atoms with E-state index in [2.05, 4.69) is 15.0 Å². The Morgan fingerprint density at radius 3 is 2.83 bits per heavy atom. The minimum Gasteiger partial charge on any atom is -0.361 e. The Balaban J connectivity index is 1.84. The van der Waals surface area contributed by atoms with Crippen molar-refractivity contribution < 1.29 is 4.92 Å². The van der Waals surface area contributed by atoms with Gasteiger partial charge in [0.05, 0.1) is 16.0 Å². The molecule has 0 unspecified atom stereocenters. The maximum absolute atomic E-state index is 10.5. The summed E-state index contributed by atoms with van der Waals surface area (Å²) >= 11 is 0. The molecule has 0 spiro atoms. The van der Waals surface area contributed by atoms with E-state index in [1.165, 1.54) is 6.08 Å². The van der Waals surface area contributed by atoms with Crippen LogP contribution in [0.1, 0.15) is 5.56 Å². The first-order valence-corrected chi connectivity index (χ1v) is 7.09. The minimum absolute atomic E-state index is 0.470. The van der Waals surface area contributed by atoms with E-state index < -0.39 is 4.92 Å². The zero-order valence-electron chi connectivity index (χ0n) is 12.0. The number of nitro groups is 1. The molecule has 0 aliphatic heterocycles. The zero-order valence-corrected chi connectivity index (χ0v) is 12.0. The van der Waals surface area contributed by atoms with E-state index in [-0.39, 0.29) is 0 Å². The van der Waals surface area contributed by atoms with Gasteiger partial charge in [0.1, 0.15) is 5.82 Å². The number of nitrogens with zero attached hydrogens (tertiary/aromatic N) is 2. The normalized spacial score (nSPS) is 11.7. The number of H-pyrrole nitrogens is 2. The molecule has 0 saturated heterocycles. The van der Waals surface area contributed by atoms with Gasteiger partial charge in [-0.3, -0.25) is 10.1 Å². The third-order valence-corrected chi connectivity index (χ3v) is 3.75. The molecule has 2 aromatic carbocycles. The highest BCUT2D eigenvalue weighted by atomic mass is 16.6. The number of hydrogen-bond acceptors (Lipinski definition) is 3. The topological polar surface area (TPSA) is 87.6 Å². The van der Waals surface area contributed by atoms with Crippen LogP contribution in [0.3, 0.4) is 0 Å². The van der Waals surface area contributed by atoms with Crippen molar-refractivity contribution in [2.45, 2.75) is 0 Å². The Kier molecular flexibility index (Phi) is 2.94. The molecule has 0 bridgehead atoms. The average Bonchev–Trinajstić information content (AvgIpc) is 3.16. The SMILES string of the molecule is O=[N+]([O-])C=Cc1c[nH]c2ccc(-c3nc4ccccc4[nH]3)cc12. The molecule has 2 N–H and O–H groups in total. The van der Waals surface area contributed by atoms with Crippen LogP contribution in [0.15, 0.2) is 54.9 Å². The number of rotatable bonds is 3. The highest BCUT2D eigenvalue weighted by Crippen LogP contribution is 2.27. The number of aromatic amines is 2. The second kappa shape index (κ2) is 5.10. The number of benzene rings is 2. The summed E-state index contributed by atoms with van der Waals surface area (Å²) < 4.78 is 0. The Morgan fingerprint density at radius 2 is 2.00 bits per heavy atom. The van der Waals surface area contributed by atoms with Gasteiger partial charge in [0.25, 0.3) is 0 Å². The molecule has 6 heteroatoms. The van der Waals surface area contributed by atoms with Gasteiger partial charge in [-0.1, -0.05) is 12.1 Å². The molecule has 0 aliphatic rings. The van der Waals surface area contributed by atoms with E-state index in [1.54, 1.807) is 6.20 Å². The summed E-state index contributed by atoms with van der Waals surface area (Å²) in [6.07, 6.45) is 4.19. The van der Waals surface area contributed by atoms with Gasteiger partial charge >= 0.3 is 0 Å². The Morgan fingerprint density at radius 1 is 1.13 bits per heavy atom. The molecule has 2 aromatic heterocycles. The fourth-order valence-corrected chi connectivity index (χ4v) is 2.66. The first-order chi connectivity index (χ1) is 11.2. The van der Waals surface area contributed by atoms with Crippen LogP contribution in [0.2, 0.25) is 0 Å². The molecule has 6 nitrogen and oxygen atoms in total. The maximum Gasteiger partial charge on any atom is 0.235 e. The summed E-state index contributed by atoms with van der Waals surface area (Å²) in [5.41, 5.74) is 4.52. The van der Waals surface area contributed by atoms with Crippen LogP contribution in [0.5, 0.6) is 0 Å². The van der Waals surface area contributed by atoms with Gasteiger partial charge in [0, 0.05) is 34.3 Å². The van der Waals surface area contributed by atoms with E-state index in [0.29, 0.717) is 0 Å². The fraction of sp³-hybridized carbons (Fsp3) is 0. The van der Waals surface area contributed by atoms with Gasteiger partial charge in [0.2, 0.25) is 6.20 Å². The Hall–Kier alpha value is -3.41. The number of para-hydroxylation sites is 2. The minimum atomic E-state index is -0.470. The van der Waals surface area contributed by atoms with E-state index >= 15 is 0 Å². The van der Waals surface area contributed by atoms with Gasteiger partial charge in [-0.2, -0.15) is 0 Å². The smallest absolute Gasteiger partial charge is 0.235 e. The van der Waals surface area contributed by atoms with Crippen molar-refractivity contribution in [2.75, 3.05) is 0 Å². The summed E-state index contributed by atoms with van der Waals surface area (Å²) in [5, 5.41) is 11.4. The molecular weight excluding hydrogens is 292 g/mol. The summed E-state index contributed by atoms with van der Waals surface area (Å²) in [4.78, 5) is 21.0. The highest BCUT2D eigenvalue weighted by molar-refractivity contribution is 5.92. The van der Waals surface area contributed by atoms with Gasteiger partial charge in [0.15, 0.2) is 0 Å².